The fourth-order valence-corrected chi connectivity index (χ4v) is 1.30. The van der Waals surface area contributed by atoms with Gasteiger partial charge in [-0.3, -0.25) is 4.79 Å². The number of rotatable bonds is 8. The predicted molar refractivity (Wildman–Crippen MR) is 68.6 cm³/mol. The molecular weight excluding hydrogens is 252 g/mol. The van der Waals surface area contributed by atoms with Crippen molar-refractivity contribution in [3.05, 3.63) is 12.2 Å². The molecule has 0 aromatic rings. The fraction of sp³-hybridized carbons (Fsp3) is 0.583. The summed E-state index contributed by atoms with van der Waals surface area (Å²) >= 11 is 0. The Morgan fingerprint density at radius 2 is 2.05 bits per heavy atom. The van der Waals surface area contributed by atoms with Gasteiger partial charge in [0.05, 0.1) is 6.61 Å². The van der Waals surface area contributed by atoms with Crippen molar-refractivity contribution in [1.82, 2.24) is 10.6 Å². The molecule has 0 aromatic carbocycles. The zero-order valence-corrected chi connectivity index (χ0v) is 11.1. The van der Waals surface area contributed by atoms with Gasteiger partial charge in [-0.1, -0.05) is 6.08 Å². The lowest BCUT2D eigenvalue weighted by Gasteiger charge is -2.14. The molecule has 0 aliphatic rings. The SMILES string of the molecule is CC=CC(=O)NCCC[C@H](NC(=O)OCC)C(=O)O. The van der Waals surface area contributed by atoms with Gasteiger partial charge in [-0.25, -0.2) is 9.59 Å². The Morgan fingerprint density at radius 1 is 1.37 bits per heavy atom. The highest BCUT2D eigenvalue weighted by molar-refractivity contribution is 5.87. The number of ether oxygens (including phenoxy) is 1. The van der Waals surface area contributed by atoms with Crippen LogP contribution >= 0.6 is 0 Å². The maximum absolute atomic E-state index is 11.1. The first-order valence-electron chi connectivity index (χ1n) is 6.07. The highest BCUT2D eigenvalue weighted by atomic mass is 16.5. The van der Waals surface area contributed by atoms with Gasteiger partial charge >= 0.3 is 12.1 Å². The number of hydrogen-bond donors (Lipinski definition) is 3. The minimum absolute atomic E-state index is 0.178. The first-order chi connectivity index (χ1) is 9.01. The molecule has 7 nitrogen and oxygen atoms in total. The molecule has 0 rings (SSSR count). The number of carbonyl (C=O) groups is 3. The van der Waals surface area contributed by atoms with E-state index in [0.717, 1.165) is 0 Å². The second kappa shape index (κ2) is 9.93. The zero-order chi connectivity index (χ0) is 14.7. The molecule has 0 aliphatic carbocycles. The molecule has 3 N–H and O–H groups in total. The summed E-state index contributed by atoms with van der Waals surface area (Å²) in [6.45, 7) is 3.88. The van der Waals surface area contributed by atoms with E-state index in [2.05, 4.69) is 15.4 Å². The average molecular weight is 272 g/mol. The van der Waals surface area contributed by atoms with E-state index in [1.54, 1.807) is 19.9 Å². The van der Waals surface area contributed by atoms with Crippen LogP contribution in [0.2, 0.25) is 0 Å². The number of carbonyl (C=O) groups excluding carboxylic acids is 2. The molecule has 1 atom stereocenters. The van der Waals surface area contributed by atoms with E-state index < -0.39 is 18.1 Å². The Balaban J connectivity index is 3.99. The standard InChI is InChI=1S/C12H20N2O5/c1-3-6-10(15)13-8-5-7-9(11(16)17)14-12(18)19-4-2/h3,6,9H,4-5,7-8H2,1-2H3,(H,13,15)(H,14,18)(H,16,17)/t9-/m0/s1. The molecule has 0 saturated heterocycles. The average Bonchev–Trinajstić information content (AvgIpc) is 2.33. The Hall–Kier alpha value is -2.05. The van der Waals surface area contributed by atoms with Gasteiger partial charge in [0.25, 0.3) is 0 Å². The Morgan fingerprint density at radius 3 is 2.58 bits per heavy atom. The maximum atomic E-state index is 11.1. The Kier molecular flexibility index (Phi) is 8.86. The molecule has 0 fully saturated rings. The van der Waals surface area contributed by atoms with Crippen LogP contribution in [0.1, 0.15) is 26.7 Å². The molecular formula is C12H20N2O5. The van der Waals surface area contributed by atoms with Crippen molar-refractivity contribution < 1.29 is 24.2 Å². The van der Waals surface area contributed by atoms with E-state index in [0.29, 0.717) is 13.0 Å². The van der Waals surface area contributed by atoms with Gasteiger partial charge in [0.1, 0.15) is 6.04 Å². The molecule has 0 heterocycles. The van der Waals surface area contributed by atoms with Crippen LogP contribution < -0.4 is 10.6 Å². The molecule has 108 valence electrons. The van der Waals surface area contributed by atoms with Crippen LogP contribution in [0.4, 0.5) is 4.79 Å². The highest BCUT2D eigenvalue weighted by Crippen LogP contribution is 1.98. The zero-order valence-electron chi connectivity index (χ0n) is 11.1. The number of nitrogens with one attached hydrogen (secondary N) is 2. The lowest BCUT2D eigenvalue weighted by Crippen LogP contribution is -2.41. The normalized spacial score (nSPS) is 11.9. The van der Waals surface area contributed by atoms with Gasteiger partial charge in [-0.2, -0.15) is 0 Å². The molecule has 0 spiro atoms. The molecule has 2 amide bonds. The number of alkyl carbamates (subject to hydrolysis) is 1. The molecule has 0 bridgehead atoms. The fourth-order valence-electron chi connectivity index (χ4n) is 1.30. The minimum Gasteiger partial charge on any atom is -0.480 e. The van der Waals surface area contributed by atoms with Crippen molar-refractivity contribution in [2.45, 2.75) is 32.7 Å². The second-order valence-electron chi connectivity index (χ2n) is 3.69. The van der Waals surface area contributed by atoms with Crippen LogP contribution in [0.5, 0.6) is 0 Å². The predicted octanol–water partition coefficient (Wildman–Crippen LogP) is 0.658. The summed E-state index contributed by atoms with van der Waals surface area (Å²) in [6.07, 6.45) is 2.88. The molecule has 0 saturated carbocycles. The summed E-state index contributed by atoms with van der Waals surface area (Å²) in [6, 6.07) is -1.02. The molecule has 0 radical (unpaired) electrons. The van der Waals surface area contributed by atoms with Crippen molar-refractivity contribution in [3.63, 3.8) is 0 Å². The van der Waals surface area contributed by atoms with Gasteiger partial charge in [-0.05, 0) is 32.8 Å². The quantitative estimate of drug-likeness (QED) is 0.444. The largest absolute Gasteiger partial charge is 0.480 e. The summed E-state index contributed by atoms with van der Waals surface area (Å²) in [5.41, 5.74) is 0. The Bertz CT molecular complexity index is 341. The number of amides is 2. The van der Waals surface area contributed by atoms with Gasteiger partial charge in [-0.15, -0.1) is 0 Å². The molecule has 19 heavy (non-hydrogen) atoms. The third kappa shape index (κ3) is 8.64. The third-order valence-electron chi connectivity index (χ3n) is 2.15. The van der Waals surface area contributed by atoms with Crippen molar-refractivity contribution >= 4 is 18.0 Å². The van der Waals surface area contributed by atoms with Crippen LogP contribution in [0.15, 0.2) is 12.2 Å². The Labute approximate surface area is 112 Å². The molecule has 0 aromatic heterocycles. The molecule has 7 heteroatoms. The van der Waals surface area contributed by atoms with Gasteiger partial charge in [0.15, 0.2) is 0 Å². The lowest BCUT2D eigenvalue weighted by molar-refractivity contribution is -0.139. The van der Waals surface area contributed by atoms with Gasteiger partial charge in [0, 0.05) is 6.54 Å². The van der Waals surface area contributed by atoms with E-state index in [-0.39, 0.29) is 18.9 Å². The van der Waals surface area contributed by atoms with E-state index in [1.807, 2.05) is 0 Å². The summed E-state index contributed by atoms with van der Waals surface area (Å²) in [5.74, 6) is -1.36. The number of allylic oxidation sites excluding steroid dienone is 1. The van der Waals surface area contributed by atoms with Crippen molar-refractivity contribution in [3.8, 4) is 0 Å². The van der Waals surface area contributed by atoms with Crippen molar-refractivity contribution in [2.75, 3.05) is 13.2 Å². The molecule has 0 unspecified atom stereocenters. The number of carboxylic acid groups (broad SMARTS) is 1. The van der Waals surface area contributed by atoms with Crippen molar-refractivity contribution in [2.24, 2.45) is 0 Å². The van der Waals surface area contributed by atoms with Crippen LogP contribution in [0.3, 0.4) is 0 Å². The summed E-state index contributed by atoms with van der Waals surface area (Å²) in [4.78, 5) is 33.1. The van der Waals surface area contributed by atoms with E-state index in [4.69, 9.17) is 5.11 Å². The minimum atomic E-state index is -1.13. The third-order valence-corrected chi connectivity index (χ3v) is 2.15. The van der Waals surface area contributed by atoms with E-state index >= 15 is 0 Å². The number of aliphatic carboxylic acids is 1. The van der Waals surface area contributed by atoms with Crippen LogP contribution in [0.25, 0.3) is 0 Å². The van der Waals surface area contributed by atoms with Crippen LogP contribution in [-0.2, 0) is 14.3 Å². The number of hydrogen-bond acceptors (Lipinski definition) is 4. The topological polar surface area (TPSA) is 105 Å². The first-order valence-corrected chi connectivity index (χ1v) is 6.07. The number of carboxylic acids is 1. The van der Waals surface area contributed by atoms with Crippen LogP contribution in [-0.4, -0.2) is 42.3 Å². The van der Waals surface area contributed by atoms with Crippen molar-refractivity contribution in [1.29, 1.82) is 0 Å². The summed E-state index contributed by atoms with van der Waals surface area (Å²) in [5, 5.41) is 13.8. The highest BCUT2D eigenvalue weighted by Gasteiger charge is 2.19. The monoisotopic (exact) mass is 272 g/mol. The maximum Gasteiger partial charge on any atom is 0.407 e. The summed E-state index contributed by atoms with van der Waals surface area (Å²) in [7, 11) is 0. The van der Waals surface area contributed by atoms with Gasteiger partial charge in [0.2, 0.25) is 5.91 Å². The summed E-state index contributed by atoms with van der Waals surface area (Å²) < 4.78 is 4.61. The second-order valence-corrected chi connectivity index (χ2v) is 3.69. The van der Waals surface area contributed by atoms with E-state index in [9.17, 15) is 14.4 Å². The van der Waals surface area contributed by atoms with Crippen LogP contribution in [0, 0.1) is 0 Å². The molecule has 0 aliphatic heterocycles. The lowest BCUT2D eigenvalue weighted by atomic mass is 10.1. The van der Waals surface area contributed by atoms with Gasteiger partial charge < -0.3 is 20.5 Å². The van der Waals surface area contributed by atoms with E-state index in [1.165, 1.54) is 6.08 Å². The first kappa shape index (κ1) is 16.9. The smallest absolute Gasteiger partial charge is 0.407 e.